The highest BCUT2D eigenvalue weighted by Gasteiger charge is 2.30. The summed E-state index contributed by atoms with van der Waals surface area (Å²) in [6.45, 7) is 3.83. The van der Waals surface area contributed by atoms with E-state index in [1.807, 2.05) is 0 Å². The average Bonchev–Trinajstić information content (AvgIpc) is 2.84. The minimum atomic E-state index is -1.06. The van der Waals surface area contributed by atoms with Crippen molar-refractivity contribution in [1.29, 1.82) is 0 Å². The molecular formula is C13H18N2O3. The van der Waals surface area contributed by atoms with Crippen molar-refractivity contribution in [2.24, 2.45) is 11.8 Å². The normalized spacial score (nSPS) is 23.0. The number of nitrogens with one attached hydrogen (secondary N) is 2. The fraction of sp³-hybridized carbons (Fsp3) is 0.538. The predicted octanol–water partition coefficient (Wildman–Crippen LogP) is 2.40. The number of carboxylic acids is 1. The van der Waals surface area contributed by atoms with E-state index in [-0.39, 0.29) is 17.5 Å². The van der Waals surface area contributed by atoms with E-state index in [0.29, 0.717) is 11.6 Å². The van der Waals surface area contributed by atoms with Crippen molar-refractivity contribution in [1.82, 2.24) is 4.98 Å². The average molecular weight is 250 g/mol. The molecule has 0 aliphatic heterocycles. The molecule has 5 heteroatoms. The van der Waals surface area contributed by atoms with Crippen LogP contribution in [0.3, 0.4) is 0 Å². The van der Waals surface area contributed by atoms with Crippen LogP contribution >= 0.6 is 0 Å². The first kappa shape index (κ1) is 12.7. The number of hydrogen-bond donors (Lipinski definition) is 3. The van der Waals surface area contributed by atoms with Gasteiger partial charge in [0.2, 0.25) is 5.91 Å². The van der Waals surface area contributed by atoms with Crippen molar-refractivity contribution in [2.75, 3.05) is 5.32 Å². The van der Waals surface area contributed by atoms with E-state index in [0.717, 1.165) is 25.0 Å². The first-order valence-electron chi connectivity index (χ1n) is 6.23. The van der Waals surface area contributed by atoms with Crippen LogP contribution in [-0.2, 0) is 4.79 Å². The van der Waals surface area contributed by atoms with Gasteiger partial charge in [-0.15, -0.1) is 0 Å². The lowest BCUT2D eigenvalue weighted by atomic mass is 9.97. The number of aromatic carboxylic acids is 1. The fourth-order valence-corrected chi connectivity index (χ4v) is 2.62. The molecule has 1 aliphatic rings. The van der Waals surface area contributed by atoms with Gasteiger partial charge >= 0.3 is 5.97 Å². The summed E-state index contributed by atoms with van der Waals surface area (Å²) in [6, 6.07) is 1.65. The first-order chi connectivity index (χ1) is 8.49. The zero-order chi connectivity index (χ0) is 13.3. The number of carbonyl (C=O) groups is 2. The van der Waals surface area contributed by atoms with Crippen molar-refractivity contribution >= 4 is 17.6 Å². The zero-order valence-corrected chi connectivity index (χ0v) is 10.6. The van der Waals surface area contributed by atoms with Gasteiger partial charge < -0.3 is 15.4 Å². The Balaban J connectivity index is 2.14. The molecule has 0 aromatic carbocycles. The molecule has 1 heterocycles. The largest absolute Gasteiger partial charge is 0.477 e. The van der Waals surface area contributed by atoms with E-state index in [9.17, 15) is 9.59 Å². The van der Waals surface area contributed by atoms with Crippen LogP contribution in [0.1, 0.15) is 42.4 Å². The minimum Gasteiger partial charge on any atom is -0.477 e. The predicted molar refractivity (Wildman–Crippen MR) is 67.6 cm³/mol. The SMILES string of the molecule is Cc1cc(NC(=O)C2CCCC2C)c(C(=O)O)[nH]1. The van der Waals surface area contributed by atoms with Gasteiger partial charge in [0.1, 0.15) is 5.69 Å². The third kappa shape index (κ3) is 2.39. The van der Waals surface area contributed by atoms with Crippen LogP contribution in [0.15, 0.2) is 6.07 Å². The number of carbonyl (C=O) groups excluding carboxylic acids is 1. The molecule has 0 radical (unpaired) electrons. The number of aryl methyl sites for hydroxylation is 1. The molecule has 1 amide bonds. The number of amides is 1. The van der Waals surface area contributed by atoms with E-state index in [1.165, 1.54) is 0 Å². The van der Waals surface area contributed by atoms with Gasteiger partial charge in [-0.25, -0.2) is 4.79 Å². The maximum absolute atomic E-state index is 12.1. The van der Waals surface area contributed by atoms with Gasteiger partial charge in [-0.2, -0.15) is 0 Å². The number of aromatic amines is 1. The Morgan fingerprint density at radius 2 is 2.17 bits per heavy atom. The maximum Gasteiger partial charge on any atom is 0.354 e. The molecule has 1 fully saturated rings. The fourth-order valence-electron chi connectivity index (χ4n) is 2.62. The number of aromatic nitrogens is 1. The van der Waals surface area contributed by atoms with Crippen LogP contribution in [0.5, 0.6) is 0 Å². The van der Waals surface area contributed by atoms with Gasteiger partial charge in [-0.3, -0.25) is 4.79 Å². The van der Waals surface area contributed by atoms with Crippen molar-refractivity contribution in [2.45, 2.75) is 33.1 Å². The molecule has 5 nitrogen and oxygen atoms in total. The molecule has 1 aromatic rings. The summed E-state index contributed by atoms with van der Waals surface area (Å²) in [7, 11) is 0. The van der Waals surface area contributed by atoms with Crippen LogP contribution in [0.2, 0.25) is 0 Å². The topological polar surface area (TPSA) is 82.2 Å². The highest BCUT2D eigenvalue weighted by Crippen LogP contribution is 2.32. The van der Waals surface area contributed by atoms with Crippen LogP contribution in [-0.4, -0.2) is 22.0 Å². The lowest BCUT2D eigenvalue weighted by Crippen LogP contribution is -2.25. The summed E-state index contributed by atoms with van der Waals surface area (Å²) in [5.41, 5.74) is 1.14. The van der Waals surface area contributed by atoms with Crippen molar-refractivity contribution < 1.29 is 14.7 Å². The number of anilines is 1. The van der Waals surface area contributed by atoms with Gasteiger partial charge in [-0.05, 0) is 31.7 Å². The van der Waals surface area contributed by atoms with E-state index in [2.05, 4.69) is 17.2 Å². The standard InChI is InChI=1S/C13H18N2O3/c1-7-4-3-5-9(7)12(16)15-10-6-8(2)14-11(10)13(17)18/h6-7,9,14H,3-5H2,1-2H3,(H,15,16)(H,17,18). The van der Waals surface area contributed by atoms with Crippen LogP contribution < -0.4 is 5.32 Å². The van der Waals surface area contributed by atoms with Gasteiger partial charge in [0, 0.05) is 11.6 Å². The summed E-state index contributed by atoms with van der Waals surface area (Å²) in [5, 5.41) is 11.8. The summed E-state index contributed by atoms with van der Waals surface area (Å²) in [4.78, 5) is 25.8. The van der Waals surface area contributed by atoms with Crippen LogP contribution in [0, 0.1) is 18.8 Å². The smallest absolute Gasteiger partial charge is 0.354 e. The first-order valence-corrected chi connectivity index (χ1v) is 6.23. The number of rotatable bonds is 3. The molecule has 0 bridgehead atoms. The van der Waals surface area contributed by atoms with Crippen molar-refractivity contribution in [3.63, 3.8) is 0 Å². The van der Waals surface area contributed by atoms with Gasteiger partial charge in [0.25, 0.3) is 0 Å². The molecule has 0 spiro atoms. The van der Waals surface area contributed by atoms with E-state index >= 15 is 0 Å². The molecule has 2 unspecified atom stereocenters. The monoisotopic (exact) mass is 250 g/mol. The molecule has 98 valence electrons. The van der Waals surface area contributed by atoms with E-state index < -0.39 is 5.97 Å². The molecule has 0 saturated heterocycles. The zero-order valence-electron chi connectivity index (χ0n) is 10.6. The Bertz CT molecular complexity index is 479. The summed E-state index contributed by atoms with van der Waals surface area (Å²) < 4.78 is 0. The molecule has 2 rings (SSSR count). The van der Waals surface area contributed by atoms with Gasteiger partial charge in [-0.1, -0.05) is 13.3 Å². The summed E-state index contributed by atoms with van der Waals surface area (Å²) >= 11 is 0. The Kier molecular flexibility index (Phi) is 3.41. The lowest BCUT2D eigenvalue weighted by molar-refractivity contribution is -0.120. The summed E-state index contributed by atoms with van der Waals surface area (Å²) in [5.74, 6) is -0.750. The molecule has 2 atom stereocenters. The highest BCUT2D eigenvalue weighted by atomic mass is 16.4. The van der Waals surface area contributed by atoms with Gasteiger partial charge in [0.15, 0.2) is 0 Å². The highest BCUT2D eigenvalue weighted by molar-refractivity contribution is 6.00. The Morgan fingerprint density at radius 3 is 2.72 bits per heavy atom. The van der Waals surface area contributed by atoms with Crippen molar-refractivity contribution in [3.8, 4) is 0 Å². The quantitative estimate of drug-likeness (QED) is 0.770. The minimum absolute atomic E-state index is 0.00171. The molecule has 18 heavy (non-hydrogen) atoms. The second-order valence-corrected chi connectivity index (χ2v) is 5.05. The molecule has 1 aliphatic carbocycles. The van der Waals surface area contributed by atoms with Crippen LogP contribution in [0.4, 0.5) is 5.69 Å². The molecular weight excluding hydrogens is 232 g/mol. The number of carboxylic acid groups (broad SMARTS) is 1. The molecule has 1 saturated carbocycles. The summed E-state index contributed by atoms with van der Waals surface area (Å²) in [6.07, 6.45) is 3.02. The lowest BCUT2D eigenvalue weighted by Gasteiger charge is -2.14. The third-order valence-electron chi connectivity index (χ3n) is 3.62. The Morgan fingerprint density at radius 1 is 1.44 bits per heavy atom. The number of hydrogen-bond acceptors (Lipinski definition) is 2. The number of H-pyrrole nitrogens is 1. The second kappa shape index (κ2) is 4.84. The van der Waals surface area contributed by atoms with Crippen LogP contribution in [0.25, 0.3) is 0 Å². The molecule has 3 N–H and O–H groups in total. The molecule has 1 aromatic heterocycles. The third-order valence-corrected chi connectivity index (χ3v) is 3.62. The van der Waals surface area contributed by atoms with E-state index in [1.54, 1.807) is 13.0 Å². The maximum atomic E-state index is 12.1. The van der Waals surface area contributed by atoms with E-state index in [4.69, 9.17) is 5.11 Å². The Labute approximate surface area is 106 Å². The Hall–Kier alpha value is -1.78. The van der Waals surface area contributed by atoms with Gasteiger partial charge in [0.05, 0.1) is 5.69 Å². The van der Waals surface area contributed by atoms with Crippen molar-refractivity contribution in [3.05, 3.63) is 17.5 Å². The second-order valence-electron chi connectivity index (χ2n) is 5.05.